The fourth-order valence-electron chi connectivity index (χ4n) is 5.43. The van der Waals surface area contributed by atoms with Crippen molar-refractivity contribution in [1.29, 1.82) is 0 Å². The van der Waals surface area contributed by atoms with Crippen molar-refractivity contribution in [3.63, 3.8) is 0 Å². The van der Waals surface area contributed by atoms with Crippen molar-refractivity contribution >= 4 is 39.2 Å². The maximum Gasteiger partial charge on any atom is 0.352 e. The Kier molecular flexibility index (Phi) is 7.54. The van der Waals surface area contributed by atoms with E-state index in [9.17, 15) is 9.90 Å². The minimum absolute atomic E-state index is 0.187. The summed E-state index contributed by atoms with van der Waals surface area (Å²) in [4.78, 5) is 19.6. The van der Waals surface area contributed by atoms with Crippen molar-refractivity contribution in [2.24, 2.45) is 7.05 Å². The SMILES string of the molecule is Cc1c(-c2cccc3c(CCCOc4cccc5ccccc45)c(C(=O)O)[nH]c23)c(COc2cncc(Cl)c2)nn1C. The molecule has 0 aliphatic heterocycles. The van der Waals surface area contributed by atoms with Crippen molar-refractivity contribution in [2.75, 3.05) is 6.61 Å². The van der Waals surface area contributed by atoms with Crippen molar-refractivity contribution in [1.82, 2.24) is 19.7 Å². The molecule has 0 fully saturated rings. The van der Waals surface area contributed by atoms with Crippen molar-refractivity contribution in [3.8, 4) is 22.6 Å². The number of halogens is 1. The number of fused-ring (bicyclic) bond motifs is 2. The highest BCUT2D eigenvalue weighted by molar-refractivity contribution is 6.30. The topological polar surface area (TPSA) is 102 Å². The van der Waals surface area contributed by atoms with E-state index in [1.54, 1.807) is 23.1 Å². The van der Waals surface area contributed by atoms with E-state index in [0.29, 0.717) is 30.2 Å². The van der Waals surface area contributed by atoms with E-state index < -0.39 is 5.97 Å². The number of para-hydroxylation sites is 1. The summed E-state index contributed by atoms with van der Waals surface area (Å²) in [6.45, 7) is 2.64. The predicted molar refractivity (Wildman–Crippen MR) is 164 cm³/mol. The molecule has 0 radical (unpaired) electrons. The molecule has 3 heterocycles. The van der Waals surface area contributed by atoms with E-state index >= 15 is 0 Å². The minimum atomic E-state index is -0.998. The predicted octanol–water partition coefficient (Wildman–Crippen LogP) is 7.37. The number of aryl methyl sites for hydroxylation is 2. The van der Waals surface area contributed by atoms with Crippen LogP contribution in [0.2, 0.25) is 5.02 Å². The molecule has 0 amide bonds. The summed E-state index contributed by atoms with van der Waals surface area (Å²) in [6.07, 6.45) is 4.34. The Morgan fingerprint density at radius 1 is 1.02 bits per heavy atom. The highest BCUT2D eigenvalue weighted by Gasteiger charge is 2.23. The maximum atomic E-state index is 12.3. The van der Waals surface area contributed by atoms with E-state index in [4.69, 9.17) is 26.2 Å². The first-order valence-corrected chi connectivity index (χ1v) is 14.0. The Hall–Kier alpha value is -4.82. The highest BCUT2D eigenvalue weighted by Crippen LogP contribution is 2.36. The molecule has 3 aromatic heterocycles. The van der Waals surface area contributed by atoms with Gasteiger partial charge in [0, 0.05) is 46.9 Å². The van der Waals surface area contributed by atoms with Gasteiger partial charge in [-0.05, 0) is 36.8 Å². The molecule has 0 saturated heterocycles. The summed E-state index contributed by atoms with van der Waals surface area (Å²) in [7, 11) is 1.88. The van der Waals surface area contributed by atoms with Crippen LogP contribution in [0.25, 0.3) is 32.8 Å². The summed E-state index contributed by atoms with van der Waals surface area (Å²) >= 11 is 6.07. The summed E-state index contributed by atoms with van der Waals surface area (Å²) in [5.74, 6) is 0.362. The van der Waals surface area contributed by atoms with Crippen LogP contribution in [0.1, 0.15) is 33.9 Å². The zero-order valence-corrected chi connectivity index (χ0v) is 24.0. The first-order chi connectivity index (χ1) is 20.4. The number of hydrogen-bond acceptors (Lipinski definition) is 5. The maximum absolute atomic E-state index is 12.3. The lowest BCUT2D eigenvalue weighted by molar-refractivity contribution is 0.0690. The molecule has 42 heavy (non-hydrogen) atoms. The van der Waals surface area contributed by atoms with Crippen LogP contribution in [-0.2, 0) is 20.1 Å². The fraction of sp³-hybridized carbons (Fsp3) is 0.182. The standard InChI is InChI=1S/C33H29ClN4O4/c1-20-30(28(37-38(20)2)19-42-23-16-22(34)17-35-18-23)27-12-6-11-25-26(32(33(39)40)36-31(25)27)13-7-15-41-29-14-5-9-21-8-3-4-10-24(21)29/h3-6,8-12,14,16-18,36H,7,13,15,19H2,1-2H3,(H,39,40). The molecule has 0 bridgehead atoms. The third kappa shape index (κ3) is 5.29. The van der Waals surface area contributed by atoms with Gasteiger partial charge in [-0.25, -0.2) is 4.79 Å². The normalized spacial score (nSPS) is 11.3. The van der Waals surface area contributed by atoms with Crippen LogP contribution in [0.3, 0.4) is 0 Å². The van der Waals surface area contributed by atoms with E-state index in [2.05, 4.69) is 22.1 Å². The average molecular weight is 581 g/mol. The van der Waals surface area contributed by atoms with E-state index in [1.165, 1.54) is 0 Å². The largest absolute Gasteiger partial charge is 0.493 e. The lowest BCUT2D eigenvalue weighted by Crippen LogP contribution is -2.04. The molecule has 9 heteroatoms. The van der Waals surface area contributed by atoms with Crippen LogP contribution in [0.15, 0.2) is 79.1 Å². The summed E-state index contributed by atoms with van der Waals surface area (Å²) in [5, 5.41) is 18.3. The number of carbonyl (C=O) groups is 1. The second-order valence-electron chi connectivity index (χ2n) is 10.1. The summed E-state index contributed by atoms with van der Waals surface area (Å²) in [6, 6.07) is 21.7. The molecule has 0 aliphatic rings. The number of H-pyrrole nitrogens is 1. The minimum Gasteiger partial charge on any atom is -0.493 e. The van der Waals surface area contributed by atoms with Crippen LogP contribution in [-0.4, -0.2) is 37.4 Å². The number of ether oxygens (including phenoxy) is 2. The molecule has 212 valence electrons. The average Bonchev–Trinajstić information content (AvgIpc) is 3.51. The van der Waals surface area contributed by atoms with Gasteiger partial charge < -0.3 is 19.6 Å². The Balaban J connectivity index is 1.29. The van der Waals surface area contributed by atoms with Gasteiger partial charge in [0.15, 0.2) is 0 Å². The molecule has 2 N–H and O–H groups in total. The molecule has 6 rings (SSSR count). The number of aromatic nitrogens is 4. The monoisotopic (exact) mass is 580 g/mol. The van der Waals surface area contributed by atoms with Gasteiger partial charge in [0.1, 0.15) is 29.5 Å². The van der Waals surface area contributed by atoms with Crippen LogP contribution in [0.4, 0.5) is 0 Å². The molecule has 3 aromatic carbocycles. The number of nitrogens with one attached hydrogen (secondary N) is 1. The number of nitrogens with zero attached hydrogens (tertiary/aromatic N) is 3. The molecule has 0 aliphatic carbocycles. The van der Waals surface area contributed by atoms with Crippen molar-refractivity contribution in [3.05, 3.63) is 107 Å². The number of carboxylic acid groups (broad SMARTS) is 1. The highest BCUT2D eigenvalue weighted by atomic mass is 35.5. The number of benzene rings is 3. The Morgan fingerprint density at radius 2 is 1.81 bits per heavy atom. The Morgan fingerprint density at radius 3 is 2.64 bits per heavy atom. The lowest BCUT2D eigenvalue weighted by atomic mass is 9.98. The number of pyridine rings is 1. The van der Waals surface area contributed by atoms with Gasteiger partial charge in [-0.3, -0.25) is 9.67 Å². The van der Waals surface area contributed by atoms with Gasteiger partial charge in [-0.15, -0.1) is 0 Å². The molecular weight excluding hydrogens is 552 g/mol. The van der Waals surface area contributed by atoms with Crippen molar-refractivity contribution in [2.45, 2.75) is 26.4 Å². The van der Waals surface area contributed by atoms with Gasteiger partial charge in [0.2, 0.25) is 0 Å². The van der Waals surface area contributed by atoms with Crippen LogP contribution >= 0.6 is 11.6 Å². The molecule has 0 saturated carbocycles. The first-order valence-electron chi connectivity index (χ1n) is 13.6. The van der Waals surface area contributed by atoms with Gasteiger partial charge >= 0.3 is 5.97 Å². The summed E-state index contributed by atoms with van der Waals surface area (Å²) in [5.41, 5.74) is 5.10. The van der Waals surface area contributed by atoms with Crippen LogP contribution < -0.4 is 9.47 Å². The van der Waals surface area contributed by atoms with E-state index in [0.717, 1.165) is 55.5 Å². The smallest absolute Gasteiger partial charge is 0.352 e. The van der Waals surface area contributed by atoms with Crippen LogP contribution in [0.5, 0.6) is 11.5 Å². The fourth-order valence-corrected chi connectivity index (χ4v) is 5.59. The Bertz CT molecular complexity index is 1920. The second kappa shape index (κ2) is 11.6. The zero-order chi connectivity index (χ0) is 29.2. The number of aromatic amines is 1. The van der Waals surface area contributed by atoms with E-state index in [1.807, 2.05) is 62.5 Å². The number of aromatic carboxylic acids is 1. The molecule has 6 aromatic rings. The second-order valence-corrected chi connectivity index (χ2v) is 10.5. The van der Waals surface area contributed by atoms with Gasteiger partial charge in [0.25, 0.3) is 0 Å². The van der Waals surface area contributed by atoms with Crippen LogP contribution in [0, 0.1) is 6.92 Å². The van der Waals surface area contributed by atoms with Crippen molar-refractivity contribution < 1.29 is 19.4 Å². The molecule has 0 atom stereocenters. The lowest BCUT2D eigenvalue weighted by Gasteiger charge is -2.10. The van der Waals surface area contributed by atoms with E-state index in [-0.39, 0.29) is 12.3 Å². The summed E-state index contributed by atoms with van der Waals surface area (Å²) < 4.78 is 13.9. The van der Waals surface area contributed by atoms with Gasteiger partial charge in [0.05, 0.1) is 23.3 Å². The number of carboxylic acids is 1. The Labute approximate surface area is 247 Å². The number of rotatable bonds is 10. The quantitative estimate of drug-likeness (QED) is 0.164. The molecule has 8 nitrogen and oxygen atoms in total. The van der Waals surface area contributed by atoms with Gasteiger partial charge in [-0.2, -0.15) is 5.10 Å². The zero-order valence-electron chi connectivity index (χ0n) is 23.2. The molecule has 0 spiro atoms. The number of hydrogen-bond donors (Lipinski definition) is 2. The molecular formula is C33H29ClN4O4. The third-order valence-corrected chi connectivity index (χ3v) is 7.67. The molecule has 0 unspecified atom stereocenters. The first kappa shape index (κ1) is 27.4. The van der Waals surface area contributed by atoms with Gasteiger partial charge in [-0.1, -0.05) is 66.2 Å². The third-order valence-electron chi connectivity index (χ3n) is 7.46.